The Morgan fingerprint density at radius 1 is 1.32 bits per heavy atom. The number of hydrogen-bond donors (Lipinski definition) is 2. The summed E-state index contributed by atoms with van der Waals surface area (Å²) in [6, 6.07) is 7.53. The number of alkyl halides is 2. The summed E-state index contributed by atoms with van der Waals surface area (Å²) in [6.07, 6.45) is 4.31. The topological polar surface area (TPSA) is 97.2 Å². The van der Waals surface area contributed by atoms with Crippen molar-refractivity contribution in [1.82, 2.24) is 24.8 Å². The van der Waals surface area contributed by atoms with Gasteiger partial charge in [0.25, 0.3) is 5.91 Å². The van der Waals surface area contributed by atoms with E-state index in [-0.39, 0.29) is 28.4 Å². The number of nitrogens with zero attached hydrogens (tertiary/aromatic N) is 4. The summed E-state index contributed by atoms with van der Waals surface area (Å²) in [5, 5.41) is 13.7. The van der Waals surface area contributed by atoms with Crippen LogP contribution in [-0.2, 0) is 0 Å². The predicted molar refractivity (Wildman–Crippen MR) is 96.6 cm³/mol. The maximum absolute atomic E-state index is 12.7. The SMILES string of the molecule is O=C(Nc1c[nH]nc1-c1cc(Cl)ccc1OC(F)F)c1cnc2cccnn12. The van der Waals surface area contributed by atoms with Crippen molar-refractivity contribution in [1.29, 1.82) is 0 Å². The van der Waals surface area contributed by atoms with E-state index in [0.717, 1.165) is 0 Å². The van der Waals surface area contributed by atoms with E-state index in [1.807, 2.05) is 0 Å². The minimum absolute atomic E-state index is 0.126. The fraction of sp³-hybridized carbons (Fsp3) is 0.0588. The molecule has 3 heterocycles. The summed E-state index contributed by atoms with van der Waals surface area (Å²) >= 11 is 5.99. The highest BCUT2D eigenvalue weighted by molar-refractivity contribution is 6.31. The summed E-state index contributed by atoms with van der Waals surface area (Å²) in [5.74, 6) is -0.634. The van der Waals surface area contributed by atoms with Crippen molar-refractivity contribution in [2.75, 3.05) is 5.32 Å². The van der Waals surface area contributed by atoms with Crippen LogP contribution >= 0.6 is 11.6 Å². The van der Waals surface area contributed by atoms with Gasteiger partial charge in [0.1, 0.15) is 11.4 Å². The lowest BCUT2D eigenvalue weighted by atomic mass is 10.1. The predicted octanol–water partition coefficient (Wildman–Crippen LogP) is 3.63. The van der Waals surface area contributed by atoms with Gasteiger partial charge in [-0.3, -0.25) is 9.89 Å². The minimum Gasteiger partial charge on any atom is -0.434 e. The summed E-state index contributed by atoms with van der Waals surface area (Å²) in [4.78, 5) is 16.8. The molecule has 142 valence electrons. The van der Waals surface area contributed by atoms with Crippen LogP contribution in [0.25, 0.3) is 16.9 Å². The van der Waals surface area contributed by atoms with E-state index in [0.29, 0.717) is 10.7 Å². The molecule has 0 radical (unpaired) electrons. The fourth-order valence-electron chi connectivity index (χ4n) is 2.65. The monoisotopic (exact) mass is 404 g/mol. The largest absolute Gasteiger partial charge is 0.434 e. The number of hydrogen-bond acceptors (Lipinski definition) is 5. The average molecular weight is 405 g/mol. The molecule has 0 aliphatic heterocycles. The summed E-state index contributed by atoms with van der Waals surface area (Å²) in [6.45, 7) is -3.03. The van der Waals surface area contributed by atoms with E-state index in [1.165, 1.54) is 41.3 Å². The molecule has 0 bridgehead atoms. The Kier molecular flexibility index (Phi) is 4.62. The van der Waals surface area contributed by atoms with Crippen molar-refractivity contribution in [3.63, 3.8) is 0 Å². The highest BCUT2D eigenvalue weighted by Crippen LogP contribution is 2.36. The van der Waals surface area contributed by atoms with Crippen molar-refractivity contribution in [2.24, 2.45) is 0 Å². The summed E-state index contributed by atoms with van der Waals surface area (Å²) < 4.78 is 31.3. The molecule has 1 aromatic carbocycles. The van der Waals surface area contributed by atoms with E-state index < -0.39 is 12.5 Å². The molecular formula is C17H11ClF2N6O2. The first-order chi connectivity index (χ1) is 13.5. The Hall–Kier alpha value is -3.53. The molecule has 1 amide bonds. The molecule has 0 unspecified atom stereocenters. The van der Waals surface area contributed by atoms with E-state index in [1.54, 1.807) is 12.1 Å². The number of aromatic nitrogens is 5. The summed E-state index contributed by atoms with van der Waals surface area (Å²) in [5.41, 5.74) is 1.33. The van der Waals surface area contributed by atoms with Gasteiger partial charge < -0.3 is 10.1 Å². The molecule has 0 aliphatic rings. The highest BCUT2D eigenvalue weighted by Gasteiger charge is 2.20. The number of rotatable bonds is 5. The first-order valence-electron chi connectivity index (χ1n) is 7.91. The van der Waals surface area contributed by atoms with Crippen LogP contribution in [0.15, 0.2) is 48.9 Å². The highest BCUT2D eigenvalue weighted by atomic mass is 35.5. The molecule has 0 saturated carbocycles. The number of carbonyl (C=O) groups excluding carboxylic acids is 1. The molecule has 0 atom stereocenters. The Morgan fingerprint density at radius 3 is 3.00 bits per heavy atom. The zero-order valence-electron chi connectivity index (χ0n) is 13.9. The first kappa shape index (κ1) is 17.9. The number of H-pyrrole nitrogens is 1. The number of ether oxygens (including phenoxy) is 1. The maximum atomic E-state index is 12.7. The number of anilines is 1. The van der Waals surface area contributed by atoms with Crippen LogP contribution in [-0.4, -0.2) is 37.3 Å². The van der Waals surface area contributed by atoms with E-state index in [2.05, 4.69) is 30.3 Å². The van der Waals surface area contributed by atoms with Gasteiger partial charge >= 0.3 is 6.61 Å². The number of fused-ring (bicyclic) bond motifs is 1. The lowest BCUT2D eigenvalue weighted by Gasteiger charge is -2.11. The fourth-order valence-corrected chi connectivity index (χ4v) is 2.82. The molecule has 8 nitrogen and oxygen atoms in total. The van der Waals surface area contributed by atoms with Gasteiger partial charge in [-0.15, -0.1) is 0 Å². The number of imidazole rings is 1. The van der Waals surface area contributed by atoms with E-state index in [9.17, 15) is 13.6 Å². The Bertz CT molecular complexity index is 1160. The third-order valence-corrected chi connectivity index (χ3v) is 4.05. The minimum atomic E-state index is -3.03. The zero-order chi connectivity index (χ0) is 19.7. The molecule has 0 aliphatic carbocycles. The maximum Gasteiger partial charge on any atom is 0.387 e. The van der Waals surface area contributed by atoms with Gasteiger partial charge in [-0.05, 0) is 30.3 Å². The third-order valence-electron chi connectivity index (χ3n) is 3.81. The van der Waals surface area contributed by atoms with Gasteiger partial charge in [0, 0.05) is 23.0 Å². The molecule has 0 spiro atoms. The van der Waals surface area contributed by atoms with E-state index in [4.69, 9.17) is 11.6 Å². The Labute approximate surface area is 161 Å². The second-order valence-corrected chi connectivity index (χ2v) is 5.99. The van der Waals surface area contributed by atoms with E-state index >= 15 is 0 Å². The van der Waals surface area contributed by atoms with Crippen molar-refractivity contribution < 1.29 is 18.3 Å². The molecule has 3 aromatic heterocycles. The molecule has 11 heteroatoms. The standard InChI is InChI=1S/C17H11ClF2N6O2/c18-9-3-4-13(28-17(19)20)10(6-9)15-11(7-22-25-15)24-16(27)12-8-21-14-2-1-5-23-26(12)14/h1-8,17H,(H,22,25)(H,24,27). The second-order valence-electron chi connectivity index (χ2n) is 5.56. The van der Waals surface area contributed by atoms with Crippen LogP contribution in [0, 0.1) is 0 Å². The molecule has 0 fully saturated rings. The van der Waals surface area contributed by atoms with Crippen LogP contribution in [0.3, 0.4) is 0 Å². The van der Waals surface area contributed by atoms with Crippen molar-refractivity contribution in [3.05, 3.63) is 59.6 Å². The van der Waals surface area contributed by atoms with Gasteiger partial charge in [0.15, 0.2) is 11.3 Å². The van der Waals surface area contributed by atoms with Gasteiger partial charge in [-0.2, -0.15) is 19.0 Å². The molecule has 28 heavy (non-hydrogen) atoms. The first-order valence-corrected chi connectivity index (χ1v) is 8.29. The van der Waals surface area contributed by atoms with Gasteiger partial charge in [-0.1, -0.05) is 11.6 Å². The Balaban J connectivity index is 1.69. The van der Waals surface area contributed by atoms with Gasteiger partial charge in [-0.25, -0.2) is 9.50 Å². The van der Waals surface area contributed by atoms with Gasteiger partial charge in [0.2, 0.25) is 0 Å². The third kappa shape index (κ3) is 3.37. The number of amides is 1. The average Bonchev–Trinajstić information content (AvgIpc) is 3.29. The number of halogens is 3. The van der Waals surface area contributed by atoms with Crippen LogP contribution in [0.2, 0.25) is 5.02 Å². The smallest absolute Gasteiger partial charge is 0.387 e. The van der Waals surface area contributed by atoms with Crippen LogP contribution in [0.1, 0.15) is 10.5 Å². The number of aromatic amines is 1. The normalized spacial score (nSPS) is 11.1. The summed E-state index contributed by atoms with van der Waals surface area (Å²) in [7, 11) is 0. The van der Waals surface area contributed by atoms with Crippen LogP contribution < -0.4 is 10.1 Å². The molecule has 0 saturated heterocycles. The van der Waals surface area contributed by atoms with Crippen molar-refractivity contribution in [2.45, 2.75) is 6.61 Å². The number of nitrogens with one attached hydrogen (secondary N) is 2. The van der Waals surface area contributed by atoms with Crippen molar-refractivity contribution >= 4 is 28.8 Å². The van der Waals surface area contributed by atoms with Crippen LogP contribution in [0.4, 0.5) is 14.5 Å². The quantitative estimate of drug-likeness (QED) is 0.529. The van der Waals surface area contributed by atoms with Gasteiger partial charge in [0.05, 0.1) is 11.9 Å². The lowest BCUT2D eigenvalue weighted by Crippen LogP contribution is -2.15. The molecule has 2 N–H and O–H groups in total. The lowest BCUT2D eigenvalue weighted by molar-refractivity contribution is -0.0494. The molecular weight excluding hydrogens is 394 g/mol. The van der Waals surface area contributed by atoms with Crippen molar-refractivity contribution in [3.8, 4) is 17.0 Å². The molecule has 4 rings (SSSR count). The van der Waals surface area contributed by atoms with Crippen LogP contribution in [0.5, 0.6) is 5.75 Å². The second kappa shape index (κ2) is 7.24. The molecule has 4 aromatic rings. The zero-order valence-corrected chi connectivity index (χ0v) is 14.7. The Morgan fingerprint density at radius 2 is 2.18 bits per heavy atom. The number of carbonyl (C=O) groups is 1. The number of benzene rings is 1.